The van der Waals surface area contributed by atoms with Crippen LogP contribution >= 0.6 is 0 Å². The minimum absolute atomic E-state index is 0.0461. The summed E-state index contributed by atoms with van der Waals surface area (Å²) < 4.78 is 15.3. The van der Waals surface area contributed by atoms with Gasteiger partial charge < -0.3 is 24.8 Å². The molecule has 168 valence electrons. The van der Waals surface area contributed by atoms with E-state index in [4.69, 9.17) is 14.2 Å². The van der Waals surface area contributed by atoms with Gasteiger partial charge in [-0.15, -0.1) is 0 Å². The highest BCUT2D eigenvalue weighted by atomic mass is 16.5. The molecular weight excluding hydrogens is 392 g/mol. The lowest BCUT2D eigenvalue weighted by Crippen LogP contribution is -2.40. The molecule has 1 aliphatic rings. The molecule has 0 aliphatic carbocycles. The molecule has 9 heteroatoms. The van der Waals surface area contributed by atoms with E-state index in [9.17, 15) is 19.2 Å². The molecule has 1 atom stereocenters. The fraction of sp³-hybridized carbons (Fsp3) is 0.619. The van der Waals surface area contributed by atoms with Gasteiger partial charge in [-0.25, -0.2) is 9.59 Å². The van der Waals surface area contributed by atoms with Crippen LogP contribution in [0.15, 0.2) is 22.5 Å². The Bertz CT molecular complexity index is 700. The molecule has 1 unspecified atom stereocenters. The van der Waals surface area contributed by atoms with E-state index in [1.54, 1.807) is 27.7 Å². The quantitative estimate of drug-likeness (QED) is 0.402. The molecule has 0 spiro atoms. The average molecular weight is 424 g/mol. The molecule has 1 amide bonds. The standard InChI is InChI=1S/C21H32N2O7/c1-7-10-12(4)22-15(24)11-30-21(27)18-16(19(25)28-8-2)13(5)23-14(6)17(18)20(26)29-9-3/h12,18,23H,7-11H2,1-6H3,(H,22,24). The van der Waals surface area contributed by atoms with Crippen LogP contribution in [0, 0.1) is 5.92 Å². The van der Waals surface area contributed by atoms with Crippen molar-refractivity contribution in [1.29, 1.82) is 0 Å². The number of hydrogen-bond acceptors (Lipinski definition) is 8. The van der Waals surface area contributed by atoms with Crippen molar-refractivity contribution in [3.8, 4) is 0 Å². The number of ether oxygens (including phenoxy) is 3. The van der Waals surface area contributed by atoms with Crippen molar-refractivity contribution in [2.24, 2.45) is 5.92 Å². The van der Waals surface area contributed by atoms with Crippen molar-refractivity contribution in [3.63, 3.8) is 0 Å². The summed E-state index contributed by atoms with van der Waals surface area (Å²) in [5.74, 6) is -4.22. The molecule has 30 heavy (non-hydrogen) atoms. The number of esters is 3. The first-order valence-electron chi connectivity index (χ1n) is 10.2. The first-order valence-corrected chi connectivity index (χ1v) is 10.2. The van der Waals surface area contributed by atoms with Gasteiger partial charge in [0.15, 0.2) is 6.61 Å². The maximum Gasteiger partial charge on any atom is 0.337 e. The smallest absolute Gasteiger partial charge is 0.337 e. The van der Waals surface area contributed by atoms with Crippen molar-refractivity contribution >= 4 is 23.8 Å². The number of carbonyl (C=O) groups is 4. The summed E-state index contributed by atoms with van der Waals surface area (Å²) in [4.78, 5) is 50.1. The van der Waals surface area contributed by atoms with E-state index in [1.807, 2.05) is 13.8 Å². The predicted molar refractivity (Wildman–Crippen MR) is 109 cm³/mol. The zero-order valence-corrected chi connectivity index (χ0v) is 18.5. The molecule has 0 fully saturated rings. The van der Waals surface area contributed by atoms with Crippen molar-refractivity contribution in [2.45, 2.75) is 60.4 Å². The molecule has 0 aromatic rings. The first kappa shape index (κ1) is 25.2. The zero-order valence-electron chi connectivity index (χ0n) is 18.5. The van der Waals surface area contributed by atoms with Gasteiger partial charge in [-0.05, 0) is 41.0 Å². The van der Waals surface area contributed by atoms with Gasteiger partial charge in [-0.3, -0.25) is 9.59 Å². The molecule has 9 nitrogen and oxygen atoms in total. The van der Waals surface area contributed by atoms with Gasteiger partial charge in [0, 0.05) is 17.4 Å². The highest BCUT2D eigenvalue weighted by molar-refractivity contribution is 6.05. The van der Waals surface area contributed by atoms with Gasteiger partial charge >= 0.3 is 17.9 Å². The monoisotopic (exact) mass is 424 g/mol. The van der Waals surface area contributed by atoms with Crippen LogP contribution in [0.1, 0.15) is 54.4 Å². The van der Waals surface area contributed by atoms with Gasteiger partial charge in [0.2, 0.25) is 0 Å². The van der Waals surface area contributed by atoms with Gasteiger partial charge in [-0.2, -0.15) is 0 Å². The van der Waals surface area contributed by atoms with E-state index in [-0.39, 0.29) is 30.4 Å². The van der Waals surface area contributed by atoms with Crippen molar-refractivity contribution in [1.82, 2.24) is 10.6 Å². The van der Waals surface area contributed by atoms with Crippen LogP contribution in [0.5, 0.6) is 0 Å². The summed E-state index contributed by atoms with van der Waals surface area (Å²) in [5.41, 5.74) is 0.634. The number of rotatable bonds is 10. The SMILES string of the molecule is CCCC(C)NC(=O)COC(=O)C1C(C(=O)OCC)=C(C)NC(C)=C1C(=O)OCC. The second-order valence-corrected chi connectivity index (χ2v) is 6.94. The zero-order chi connectivity index (χ0) is 22.8. The van der Waals surface area contributed by atoms with E-state index in [1.165, 1.54) is 0 Å². The summed E-state index contributed by atoms with van der Waals surface area (Å²) in [5, 5.41) is 5.65. The van der Waals surface area contributed by atoms with Crippen LogP contribution in [-0.4, -0.2) is 49.7 Å². The van der Waals surface area contributed by atoms with Crippen LogP contribution in [-0.2, 0) is 33.4 Å². The highest BCUT2D eigenvalue weighted by Crippen LogP contribution is 2.32. The topological polar surface area (TPSA) is 120 Å². The Balaban J connectivity index is 3.14. The minimum atomic E-state index is -1.36. The lowest BCUT2D eigenvalue weighted by atomic mass is 9.85. The number of hydrogen-bond donors (Lipinski definition) is 2. The third-order valence-electron chi connectivity index (χ3n) is 4.46. The van der Waals surface area contributed by atoms with Crippen LogP contribution in [0.25, 0.3) is 0 Å². The number of nitrogens with one attached hydrogen (secondary N) is 2. The van der Waals surface area contributed by atoms with Crippen LogP contribution < -0.4 is 10.6 Å². The second-order valence-electron chi connectivity index (χ2n) is 6.94. The Morgan fingerprint density at radius 1 is 0.933 bits per heavy atom. The molecular formula is C21H32N2O7. The molecule has 0 bridgehead atoms. The average Bonchev–Trinajstić information content (AvgIpc) is 2.65. The third-order valence-corrected chi connectivity index (χ3v) is 4.46. The predicted octanol–water partition coefficient (Wildman–Crippen LogP) is 1.73. The molecule has 1 aliphatic heterocycles. The van der Waals surface area contributed by atoms with Gasteiger partial charge in [0.05, 0.1) is 24.4 Å². The Kier molecular flexibility index (Phi) is 10.1. The summed E-state index contributed by atoms with van der Waals surface area (Å²) >= 11 is 0. The number of dihydropyridines is 1. The number of allylic oxidation sites excluding steroid dienone is 2. The van der Waals surface area contributed by atoms with Crippen LogP contribution in [0.4, 0.5) is 0 Å². The molecule has 0 saturated heterocycles. The largest absolute Gasteiger partial charge is 0.463 e. The maximum absolute atomic E-state index is 12.9. The minimum Gasteiger partial charge on any atom is -0.463 e. The van der Waals surface area contributed by atoms with E-state index in [0.717, 1.165) is 12.8 Å². The molecule has 2 N–H and O–H groups in total. The fourth-order valence-electron chi connectivity index (χ4n) is 3.23. The van der Waals surface area contributed by atoms with Gasteiger partial charge in [0.1, 0.15) is 5.92 Å². The molecule has 1 heterocycles. The maximum atomic E-state index is 12.9. The Morgan fingerprint density at radius 3 is 1.87 bits per heavy atom. The summed E-state index contributed by atoms with van der Waals surface area (Å²) in [6, 6.07) is -0.0606. The van der Waals surface area contributed by atoms with Gasteiger partial charge in [-0.1, -0.05) is 13.3 Å². The Morgan fingerprint density at radius 2 is 1.43 bits per heavy atom. The first-order chi connectivity index (χ1) is 14.2. The molecule has 1 rings (SSSR count). The lowest BCUT2D eigenvalue weighted by molar-refractivity contribution is -0.154. The van der Waals surface area contributed by atoms with Crippen molar-refractivity contribution in [2.75, 3.05) is 19.8 Å². The van der Waals surface area contributed by atoms with E-state index < -0.39 is 36.3 Å². The molecule has 0 saturated carbocycles. The fourth-order valence-corrected chi connectivity index (χ4v) is 3.23. The van der Waals surface area contributed by atoms with Crippen molar-refractivity contribution < 1.29 is 33.4 Å². The summed E-state index contributed by atoms with van der Waals surface area (Å²) in [6.45, 7) is 9.95. The lowest BCUT2D eigenvalue weighted by Gasteiger charge is -2.28. The second kappa shape index (κ2) is 12.0. The summed E-state index contributed by atoms with van der Waals surface area (Å²) in [7, 11) is 0. The van der Waals surface area contributed by atoms with E-state index in [0.29, 0.717) is 11.4 Å². The molecule has 0 aromatic carbocycles. The van der Waals surface area contributed by atoms with E-state index in [2.05, 4.69) is 10.6 Å². The third kappa shape index (κ3) is 6.60. The molecule has 0 radical (unpaired) electrons. The summed E-state index contributed by atoms with van der Waals surface area (Å²) in [6.07, 6.45) is 1.69. The Labute approximate surface area is 177 Å². The van der Waals surface area contributed by atoms with Crippen LogP contribution in [0.3, 0.4) is 0 Å². The highest BCUT2D eigenvalue weighted by Gasteiger charge is 2.42. The number of carbonyl (C=O) groups excluding carboxylic acids is 4. The molecule has 0 aromatic heterocycles. The van der Waals surface area contributed by atoms with Crippen LogP contribution in [0.2, 0.25) is 0 Å². The van der Waals surface area contributed by atoms with Crippen molar-refractivity contribution in [3.05, 3.63) is 22.5 Å². The van der Waals surface area contributed by atoms with E-state index >= 15 is 0 Å². The van der Waals surface area contributed by atoms with Gasteiger partial charge in [0.25, 0.3) is 5.91 Å². The number of amides is 1. The normalized spacial score (nSPS) is 15.3. The Hall–Kier alpha value is -2.84.